The van der Waals surface area contributed by atoms with E-state index in [1.54, 1.807) is 0 Å². The summed E-state index contributed by atoms with van der Waals surface area (Å²) >= 11 is 6.13. The van der Waals surface area contributed by atoms with Gasteiger partial charge < -0.3 is 9.38 Å². The van der Waals surface area contributed by atoms with Gasteiger partial charge in [-0.1, -0.05) is 41.9 Å². The van der Waals surface area contributed by atoms with Crippen LogP contribution in [-0.2, 0) is 6.54 Å². The Morgan fingerprint density at radius 3 is 2.24 bits per heavy atom. The molecule has 0 aliphatic heterocycles. The Kier molecular flexibility index (Phi) is 7.79. The number of halogens is 1. The van der Waals surface area contributed by atoms with Crippen molar-refractivity contribution in [2.45, 2.75) is 13.5 Å². The Morgan fingerprint density at radius 2 is 1.64 bits per heavy atom. The van der Waals surface area contributed by atoms with Crippen molar-refractivity contribution < 1.29 is 9.41 Å². The van der Waals surface area contributed by atoms with Crippen molar-refractivity contribution in [2.75, 3.05) is 39.1 Å². The highest BCUT2D eigenvalue weighted by Gasteiger charge is 2.15. The van der Waals surface area contributed by atoms with Gasteiger partial charge in [0, 0.05) is 24.4 Å². The number of rotatable bonds is 9. The van der Waals surface area contributed by atoms with E-state index in [1.165, 1.54) is 23.8 Å². The summed E-state index contributed by atoms with van der Waals surface area (Å²) in [6.45, 7) is 4.73. The maximum absolute atomic E-state index is 10.9. The zero-order valence-corrected chi connectivity index (χ0v) is 20.2. The molecule has 3 aromatic carbocycles. The Balaban J connectivity index is 1.82. The lowest BCUT2D eigenvalue weighted by Gasteiger charge is -2.30. The van der Waals surface area contributed by atoms with E-state index in [2.05, 4.69) is 72.7 Å². The van der Waals surface area contributed by atoms with Crippen molar-refractivity contribution >= 4 is 34.4 Å². The number of aryl methyl sites for hydroxylation is 1. The van der Waals surface area contributed by atoms with Gasteiger partial charge in [0.25, 0.3) is 5.69 Å². The summed E-state index contributed by atoms with van der Waals surface area (Å²) in [7, 11) is 6.58. The van der Waals surface area contributed by atoms with Crippen molar-refractivity contribution in [1.82, 2.24) is 0 Å². The van der Waals surface area contributed by atoms with Gasteiger partial charge in [-0.2, -0.15) is 5.11 Å². The predicted octanol–water partition coefficient (Wildman–Crippen LogP) is 6.68. The molecule has 0 spiro atoms. The normalized spacial score (nSPS) is 11.7. The van der Waals surface area contributed by atoms with Crippen LogP contribution in [0.5, 0.6) is 0 Å². The maximum atomic E-state index is 10.9. The number of likely N-dealkylation sites (N-methyl/N-ethyl adjacent to an activating group) is 1. The number of non-ortho nitro benzene ring substituents is 1. The van der Waals surface area contributed by atoms with Gasteiger partial charge >= 0.3 is 0 Å². The Morgan fingerprint density at radius 1 is 0.970 bits per heavy atom. The molecular weight excluding hydrogens is 438 g/mol. The third-order valence-corrected chi connectivity index (χ3v) is 5.51. The van der Waals surface area contributed by atoms with Gasteiger partial charge in [0.15, 0.2) is 0 Å². The fourth-order valence-electron chi connectivity index (χ4n) is 3.27. The molecule has 0 saturated heterocycles. The number of nitro groups is 1. The predicted molar refractivity (Wildman–Crippen MR) is 134 cm³/mol. The lowest BCUT2D eigenvalue weighted by Crippen LogP contribution is -2.42. The zero-order valence-electron chi connectivity index (χ0n) is 19.4. The van der Waals surface area contributed by atoms with Gasteiger partial charge in [-0.15, -0.1) is 5.11 Å². The van der Waals surface area contributed by atoms with Crippen molar-refractivity contribution in [3.05, 3.63) is 93.0 Å². The molecule has 3 rings (SSSR count). The largest absolute Gasteiger partial charge is 0.362 e. The molecule has 0 N–H and O–H groups in total. The topological polar surface area (TPSA) is 71.1 Å². The second-order valence-corrected chi connectivity index (χ2v) is 9.39. The Labute approximate surface area is 199 Å². The third kappa shape index (κ3) is 7.10. The number of quaternary nitrogens is 1. The molecule has 0 aliphatic carbocycles. The number of hydrogen-bond donors (Lipinski definition) is 0. The first kappa shape index (κ1) is 24.4. The SMILES string of the molecule is Cc1cc(N(CC[N+](C)(C)C)Cc2ccccc2)ccc1N=Nc1ccc([N+](=O)[O-])cc1Cl. The fourth-order valence-corrected chi connectivity index (χ4v) is 3.48. The monoisotopic (exact) mass is 466 g/mol. The molecule has 0 aliphatic rings. The molecule has 7 nitrogen and oxygen atoms in total. The van der Waals surface area contributed by atoms with Crippen LogP contribution in [0, 0.1) is 17.0 Å². The number of azo groups is 1. The minimum absolute atomic E-state index is 0.0770. The maximum Gasteiger partial charge on any atom is 0.271 e. The lowest BCUT2D eigenvalue weighted by atomic mass is 10.1. The molecule has 0 unspecified atom stereocenters. The molecular formula is C25H29ClN5O2+. The highest BCUT2D eigenvalue weighted by Crippen LogP contribution is 2.32. The number of nitrogens with zero attached hydrogens (tertiary/aromatic N) is 5. The van der Waals surface area contributed by atoms with Crippen molar-refractivity contribution in [3.8, 4) is 0 Å². The van der Waals surface area contributed by atoms with Crippen LogP contribution in [-0.4, -0.2) is 43.6 Å². The molecule has 3 aromatic rings. The Bertz CT molecular complexity index is 1140. The molecule has 0 heterocycles. The summed E-state index contributed by atoms with van der Waals surface area (Å²) in [4.78, 5) is 12.8. The van der Waals surface area contributed by atoms with Gasteiger partial charge in [0.05, 0.1) is 49.9 Å². The van der Waals surface area contributed by atoms with Gasteiger partial charge in [-0.25, -0.2) is 0 Å². The average Bonchev–Trinajstić information content (AvgIpc) is 2.76. The average molecular weight is 467 g/mol. The standard InChI is InChI=1S/C25H29ClN5O2/c1-19-16-21(29(14-15-31(2,3)4)18-20-8-6-5-7-9-20)10-12-24(19)27-28-25-13-11-22(30(32)33)17-23(25)26/h5-13,16-17H,14-15,18H2,1-4H3/q+1. The highest BCUT2D eigenvalue weighted by atomic mass is 35.5. The van der Waals surface area contributed by atoms with E-state index < -0.39 is 4.92 Å². The van der Waals surface area contributed by atoms with Crippen LogP contribution in [0.2, 0.25) is 5.02 Å². The molecule has 172 valence electrons. The van der Waals surface area contributed by atoms with E-state index >= 15 is 0 Å². The summed E-state index contributed by atoms with van der Waals surface area (Å²) < 4.78 is 0.882. The molecule has 33 heavy (non-hydrogen) atoms. The number of nitro benzene ring substituents is 1. The van der Waals surface area contributed by atoms with Gasteiger partial charge in [-0.05, 0) is 42.3 Å². The second kappa shape index (κ2) is 10.6. The van der Waals surface area contributed by atoms with E-state index in [0.29, 0.717) is 5.69 Å². The van der Waals surface area contributed by atoms with Gasteiger partial charge in [-0.3, -0.25) is 10.1 Å². The Hall–Kier alpha value is -3.29. The first-order valence-corrected chi connectivity index (χ1v) is 11.1. The molecule has 0 fully saturated rings. The first-order valence-electron chi connectivity index (χ1n) is 10.7. The minimum Gasteiger partial charge on any atom is -0.362 e. The minimum atomic E-state index is -0.491. The van der Waals surface area contributed by atoms with E-state index in [1.807, 2.05) is 19.1 Å². The van der Waals surface area contributed by atoms with Crippen LogP contribution in [0.4, 0.5) is 22.7 Å². The first-order chi connectivity index (χ1) is 15.6. The van der Waals surface area contributed by atoms with Crippen LogP contribution < -0.4 is 4.90 Å². The number of hydrogen-bond acceptors (Lipinski definition) is 5. The number of anilines is 1. The van der Waals surface area contributed by atoms with Crippen molar-refractivity contribution in [2.24, 2.45) is 10.2 Å². The van der Waals surface area contributed by atoms with Gasteiger partial charge in [0.2, 0.25) is 0 Å². The molecule has 0 bridgehead atoms. The smallest absolute Gasteiger partial charge is 0.271 e. The third-order valence-electron chi connectivity index (χ3n) is 5.21. The van der Waals surface area contributed by atoms with Gasteiger partial charge in [0.1, 0.15) is 5.69 Å². The molecule has 0 radical (unpaired) electrons. The van der Waals surface area contributed by atoms with Crippen molar-refractivity contribution in [1.29, 1.82) is 0 Å². The van der Waals surface area contributed by atoms with Crippen LogP contribution in [0.15, 0.2) is 77.0 Å². The van der Waals surface area contributed by atoms with Crippen LogP contribution >= 0.6 is 11.6 Å². The summed E-state index contributed by atoms with van der Waals surface area (Å²) in [5.74, 6) is 0. The summed E-state index contributed by atoms with van der Waals surface area (Å²) in [5.41, 5.74) is 4.40. The van der Waals surface area contributed by atoms with Crippen LogP contribution in [0.1, 0.15) is 11.1 Å². The summed E-state index contributed by atoms with van der Waals surface area (Å²) in [5, 5.41) is 19.6. The molecule has 0 atom stereocenters. The zero-order chi connectivity index (χ0) is 24.0. The molecule has 8 heteroatoms. The van der Waals surface area contributed by atoms with E-state index in [0.717, 1.165) is 41.1 Å². The summed E-state index contributed by atoms with van der Waals surface area (Å²) in [6.07, 6.45) is 0. The molecule has 0 amide bonds. The van der Waals surface area contributed by atoms with E-state index in [-0.39, 0.29) is 10.7 Å². The quantitative estimate of drug-likeness (QED) is 0.153. The highest BCUT2D eigenvalue weighted by molar-refractivity contribution is 6.33. The fraction of sp³-hybridized carbons (Fsp3) is 0.280. The van der Waals surface area contributed by atoms with Crippen LogP contribution in [0.25, 0.3) is 0 Å². The van der Waals surface area contributed by atoms with Crippen molar-refractivity contribution in [3.63, 3.8) is 0 Å². The van der Waals surface area contributed by atoms with E-state index in [4.69, 9.17) is 11.6 Å². The van der Waals surface area contributed by atoms with E-state index in [9.17, 15) is 10.1 Å². The second-order valence-electron chi connectivity index (χ2n) is 8.98. The molecule has 0 aromatic heterocycles. The van der Waals surface area contributed by atoms with Crippen LogP contribution in [0.3, 0.4) is 0 Å². The number of benzene rings is 3. The summed E-state index contributed by atoms with van der Waals surface area (Å²) in [6, 6.07) is 20.7. The lowest BCUT2D eigenvalue weighted by molar-refractivity contribution is -0.868. The molecule has 0 saturated carbocycles.